The quantitative estimate of drug-likeness (QED) is 0.319. The first kappa shape index (κ1) is 25.2. The van der Waals surface area contributed by atoms with Gasteiger partial charge in [0.25, 0.3) is 5.56 Å². The predicted octanol–water partition coefficient (Wildman–Crippen LogP) is 5.33. The Morgan fingerprint density at radius 1 is 1.02 bits per heavy atom. The average molecular weight is 564 g/mol. The fourth-order valence-corrected chi connectivity index (χ4v) is 8.00. The first-order chi connectivity index (χ1) is 20.0. The Labute approximate surface area is 243 Å². The van der Waals surface area contributed by atoms with Crippen LogP contribution in [0.1, 0.15) is 51.5 Å². The molecular formula is C34H33N3O3S. The van der Waals surface area contributed by atoms with Crippen molar-refractivity contribution in [2.75, 3.05) is 29.5 Å². The highest BCUT2D eigenvalue weighted by Crippen LogP contribution is 2.40. The molecule has 5 heterocycles. The van der Waals surface area contributed by atoms with Crippen molar-refractivity contribution < 1.29 is 9.84 Å². The summed E-state index contributed by atoms with van der Waals surface area (Å²) in [5.74, 6) is 2.68. The molecule has 7 heteroatoms. The number of fused-ring (bicyclic) bond motifs is 6. The molecule has 208 valence electrons. The molecule has 0 radical (unpaired) electrons. The number of aromatic nitrogens is 2. The number of aryl methyl sites for hydroxylation is 4. The highest BCUT2D eigenvalue weighted by Gasteiger charge is 2.33. The van der Waals surface area contributed by atoms with Crippen LogP contribution in [0.3, 0.4) is 0 Å². The van der Waals surface area contributed by atoms with Crippen LogP contribution >= 0.6 is 11.8 Å². The lowest BCUT2D eigenvalue weighted by molar-refractivity contribution is 0.0753. The Balaban J connectivity index is 1.20. The van der Waals surface area contributed by atoms with E-state index in [0.717, 1.165) is 61.2 Å². The minimum atomic E-state index is -1.00. The second kappa shape index (κ2) is 9.78. The zero-order valence-corrected chi connectivity index (χ0v) is 23.9. The zero-order valence-electron chi connectivity index (χ0n) is 23.1. The van der Waals surface area contributed by atoms with Gasteiger partial charge in [-0.05, 0) is 84.7 Å². The van der Waals surface area contributed by atoms with Crippen molar-refractivity contribution in [1.82, 2.24) is 9.55 Å². The number of rotatable bonds is 4. The third-order valence-electron chi connectivity index (χ3n) is 9.39. The summed E-state index contributed by atoms with van der Waals surface area (Å²) in [6, 6.07) is 15.7. The van der Waals surface area contributed by atoms with Gasteiger partial charge >= 0.3 is 0 Å². The smallest absolute Gasteiger partial charge is 0.258 e. The van der Waals surface area contributed by atoms with Crippen molar-refractivity contribution in [3.63, 3.8) is 0 Å². The highest BCUT2D eigenvalue weighted by molar-refractivity contribution is 7.99. The summed E-state index contributed by atoms with van der Waals surface area (Å²) in [4.78, 5) is 21.3. The maximum absolute atomic E-state index is 13.6. The number of aliphatic hydroxyl groups is 1. The van der Waals surface area contributed by atoms with E-state index in [1.165, 1.54) is 51.3 Å². The van der Waals surface area contributed by atoms with E-state index in [4.69, 9.17) is 9.72 Å². The minimum absolute atomic E-state index is 0.105. The van der Waals surface area contributed by atoms with Crippen molar-refractivity contribution in [3.8, 4) is 11.4 Å². The second-order valence-electron chi connectivity index (χ2n) is 11.7. The Kier molecular flexibility index (Phi) is 6.00. The molecule has 1 saturated heterocycles. The van der Waals surface area contributed by atoms with Crippen LogP contribution in [0.15, 0.2) is 59.6 Å². The summed E-state index contributed by atoms with van der Waals surface area (Å²) in [7, 11) is 0. The minimum Gasteiger partial charge on any atom is -0.491 e. The number of thioether (sulfide) groups is 1. The average Bonchev–Trinajstić information content (AvgIpc) is 3.61. The molecule has 4 aromatic rings. The van der Waals surface area contributed by atoms with Crippen LogP contribution in [-0.4, -0.2) is 39.3 Å². The standard InChI is InChI=1S/C34H33N3O3S/c1-20-33(38)27-17-31-32-28(18-37(31)34(39)29(27)19-40-20)25(26-15-22-3-2-4-23(22)16-30(26)35-32)10-7-21-5-8-24(9-6-21)36-11-13-41-14-12-36/h5-6,8-9,15-17,33,38H,1-4,7,10-14,18-19H2. The molecule has 0 amide bonds. The van der Waals surface area contributed by atoms with E-state index >= 15 is 0 Å². The van der Waals surface area contributed by atoms with Crippen LogP contribution in [0.2, 0.25) is 0 Å². The molecule has 2 aromatic carbocycles. The maximum Gasteiger partial charge on any atom is 0.258 e. The molecule has 0 spiro atoms. The van der Waals surface area contributed by atoms with Gasteiger partial charge < -0.3 is 19.3 Å². The predicted molar refractivity (Wildman–Crippen MR) is 165 cm³/mol. The molecule has 8 rings (SSSR count). The van der Waals surface area contributed by atoms with E-state index in [-0.39, 0.29) is 17.9 Å². The highest BCUT2D eigenvalue weighted by atomic mass is 32.2. The van der Waals surface area contributed by atoms with E-state index in [1.54, 1.807) is 0 Å². The van der Waals surface area contributed by atoms with Gasteiger partial charge in [-0.3, -0.25) is 4.79 Å². The molecular weight excluding hydrogens is 530 g/mol. The monoisotopic (exact) mass is 563 g/mol. The lowest BCUT2D eigenvalue weighted by Gasteiger charge is -2.28. The number of aliphatic hydroxyl groups excluding tert-OH is 1. The van der Waals surface area contributed by atoms with E-state index < -0.39 is 6.10 Å². The largest absolute Gasteiger partial charge is 0.491 e. The number of anilines is 1. The molecule has 0 saturated carbocycles. The summed E-state index contributed by atoms with van der Waals surface area (Å²) in [6.45, 7) is 6.70. The van der Waals surface area contributed by atoms with Gasteiger partial charge in [0.15, 0.2) is 0 Å². The van der Waals surface area contributed by atoms with Gasteiger partial charge in [-0.15, -0.1) is 0 Å². The zero-order chi connectivity index (χ0) is 27.7. The van der Waals surface area contributed by atoms with Gasteiger partial charge in [0, 0.05) is 46.8 Å². The number of hydrogen-bond donors (Lipinski definition) is 1. The molecule has 1 atom stereocenters. The SMILES string of the molecule is C=C1OCc2c(cc3n(c2=O)Cc2c-3nc3cc4c(cc3c2CCc2ccc(N3CCSCC3)cc2)CCC4)C1O. The molecule has 6 nitrogen and oxygen atoms in total. The number of pyridine rings is 2. The second-order valence-corrected chi connectivity index (χ2v) is 12.9. The van der Waals surface area contributed by atoms with Crippen molar-refractivity contribution >= 4 is 28.4 Å². The summed E-state index contributed by atoms with van der Waals surface area (Å²) in [5, 5.41) is 12.0. The van der Waals surface area contributed by atoms with Gasteiger partial charge in [0.1, 0.15) is 18.5 Å². The van der Waals surface area contributed by atoms with E-state index in [0.29, 0.717) is 17.7 Å². The van der Waals surface area contributed by atoms with E-state index in [9.17, 15) is 9.90 Å². The van der Waals surface area contributed by atoms with Gasteiger partial charge in [0.05, 0.1) is 29.0 Å². The van der Waals surface area contributed by atoms with Crippen molar-refractivity contribution in [1.29, 1.82) is 0 Å². The first-order valence-electron chi connectivity index (χ1n) is 14.7. The third-order valence-corrected chi connectivity index (χ3v) is 10.3. The Hall–Kier alpha value is -3.55. The molecule has 2 aromatic heterocycles. The molecule has 0 bridgehead atoms. The van der Waals surface area contributed by atoms with Gasteiger partial charge in [-0.25, -0.2) is 4.98 Å². The molecule has 41 heavy (non-hydrogen) atoms. The summed E-state index contributed by atoms with van der Waals surface area (Å²) < 4.78 is 7.35. The van der Waals surface area contributed by atoms with Gasteiger partial charge in [-0.1, -0.05) is 18.7 Å². The van der Waals surface area contributed by atoms with Crippen LogP contribution in [0.25, 0.3) is 22.3 Å². The topological polar surface area (TPSA) is 67.6 Å². The van der Waals surface area contributed by atoms with Crippen LogP contribution in [0.5, 0.6) is 0 Å². The van der Waals surface area contributed by atoms with Gasteiger partial charge in [-0.2, -0.15) is 11.8 Å². The normalized spacial score (nSPS) is 19.1. The summed E-state index contributed by atoms with van der Waals surface area (Å²) >= 11 is 2.03. The Morgan fingerprint density at radius 2 is 1.80 bits per heavy atom. The van der Waals surface area contributed by atoms with Crippen LogP contribution in [-0.2, 0) is 43.6 Å². The lowest BCUT2D eigenvalue weighted by atomic mass is 9.93. The molecule has 1 unspecified atom stereocenters. The molecule has 4 aliphatic rings. The summed E-state index contributed by atoms with van der Waals surface area (Å²) in [6.07, 6.45) is 4.21. The van der Waals surface area contributed by atoms with Crippen molar-refractivity contribution in [2.45, 2.75) is 51.4 Å². The Bertz CT molecular complexity index is 1790. The maximum atomic E-state index is 13.6. The number of hydrogen-bond acceptors (Lipinski definition) is 6. The van der Waals surface area contributed by atoms with Crippen molar-refractivity contribution in [2.24, 2.45) is 0 Å². The molecule has 1 fully saturated rings. The Morgan fingerprint density at radius 3 is 2.61 bits per heavy atom. The van der Waals surface area contributed by atoms with Gasteiger partial charge in [0.2, 0.25) is 0 Å². The number of ether oxygens (including phenoxy) is 1. The van der Waals surface area contributed by atoms with Crippen LogP contribution < -0.4 is 10.5 Å². The lowest BCUT2D eigenvalue weighted by Crippen LogP contribution is -2.32. The number of nitrogens with zero attached hydrogens (tertiary/aromatic N) is 3. The van der Waals surface area contributed by atoms with Crippen LogP contribution in [0, 0.1) is 0 Å². The van der Waals surface area contributed by atoms with E-state index in [2.05, 4.69) is 47.9 Å². The summed E-state index contributed by atoms with van der Waals surface area (Å²) in [5.41, 5.74) is 11.5. The van der Waals surface area contributed by atoms with E-state index in [1.807, 2.05) is 22.4 Å². The fourth-order valence-electron chi connectivity index (χ4n) is 7.10. The number of benzene rings is 2. The molecule has 1 N–H and O–H groups in total. The molecule has 1 aliphatic carbocycles. The fraction of sp³-hybridized carbons (Fsp3) is 0.353. The van der Waals surface area contributed by atoms with Crippen molar-refractivity contribution in [3.05, 3.63) is 104 Å². The third kappa shape index (κ3) is 4.12. The first-order valence-corrected chi connectivity index (χ1v) is 15.9. The van der Waals surface area contributed by atoms with Crippen LogP contribution in [0.4, 0.5) is 5.69 Å². The molecule has 3 aliphatic heterocycles.